The van der Waals surface area contributed by atoms with E-state index in [0.717, 1.165) is 18.2 Å². The lowest BCUT2D eigenvalue weighted by Gasteiger charge is -2.14. The first kappa shape index (κ1) is 24.4. The van der Waals surface area contributed by atoms with Gasteiger partial charge in [-0.25, -0.2) is 14.8 Å². The van der Waals surface area contributed by atoms with Gasteiger partial charge in [0.1, 0.15) is 17.8 Å². The van der Waals surface area contributed by atoms with Crippen LogP contribution in [0, 0.1) is 0 Å². The van der Waals surface area contributed by atoms with Gasteiger partial charge in [0.25, 0.3) is 0 Å². The van der Waals surface area contributed by atoms with Gasteiger partial charge in [0.05, 0.1) is 37.4 Å². The summed E-state index contributed by atoms with van der Waals surface area (Å²) in [6.45, 7) is 3.12. The normalized spacial score (nSPS) is 10.5. The molecule has 0 spiro atoms. The van der Waals surface area contributed by atoms with E-state index in [1.165, 1.54) is 13.4 Å². The number of nitrogens with zero attached hydrogens (tertiary/aromatic N) is 2. The van der Waals surface area contributed by atoms with Crippen LogP contribution in [0.25, 0.3) is 10.9 Å². The zero-order valence-electron chi connectivity index (χ0n) is 18.8. The van der Waals surface area contributed by atoms with Crippen LogP contribution in [-0.4, -0.2) is 48.7 Å². The van der Waals surface area contributed by atoms with Crippen LogP contribution >= 0.6 is 15.9 Å². The number of benzene rings is 2. The average molecular weight is 519 g/mol. The minimum Gasteiger partial charge on any atom is -0.494 e. The fraction of sp³-hybridized carbons (Fsp3) is 0.348. The topological polar surface area (TPSA) is 104 Å². The molecule has 0 aliphatic carbocycles. The van der Waals surface area contributed by atoms with Gasteiger partial charge in [-0.05, 0) is 31.0 Å². The molecule has 33 heavy (non-hydrogen) atoms. The number of aromatic nitrogens is 2. The summed E-state index contributed by atoms with van der Waals surface area (Å²) in [4.78, 5) is 20.6. The standard InChI is InChI=1S/C23H27BrN4O5/c1-4-9-25-23(29)28-17-7-6-15(11-19(17)30-2)33-22-16-12-20(31-3)21(32-10-5-8-24)13-18(16)26-14-27-22/h6-7,11-14H,4-5,8-10H2,1-3H3,(H2,25,28,29). The SMILES string of the molecule is CCCNC(=O)Nc1ccc(Oc2ncnc3cc(OCCCBr)c(OC)cc23)cc1OC. The van der Waals surface area contributed by atoms with Gasteiger partial charge in [-0.3, -0.25) is 0 Å². The Hall–Kier alpha value is -3.27. The number of alkyl halides is 1. The summed E-state index contributed by atoms with van der Waals surface area (Å²) >= 11 is 3.39. The van der Waals surface area contributed by atoms with Gasteiger partial charge in [-0.1, -0.05) is 22.9 Å². The maximum absolute atomic E-state index is 12.0. The molecule has 0 saturated carbocycles. The van der Waals surface area contributed by atoms with Crippen molar-refractivity contribution in [1.82, 2.24) is 15.3 Å². The molecule has 0 aliphatic heterocycles. The Morgan fingerprint density at radius 3 is 2.61 bits per heavy atom. The van der Waals surface area contributed by atoms with Crippen molar-refractivity contribution in [2.45, 2.75) is 19.8 Å². The van der Waals surface area contributed by atoms with Crippen LogP contribution in [0.2, 0.25) is 0 Å². The van der Waals surface area contributed by atoms with Crippen molar-refractivity contribution in [2.24, 2.45) is 0 Å². The van der Waals surface area contributed by atoms with Crippen molar-refractivity contribution in [3.8, 4) is 28.9 Å². The minimum atomic E-state index is -0.299. The summed E-state index contributed by atoms with van der Waals surface area (Å²) in [5.74, 6) is 2.47. The van der Waals surface area contributed by atoms with Crippen LogP contribution in [0.5, 0.6) is 28.9 Å². The summed E-state index contributed by atoms with van der Waals surface area (Å²) in [6.07, 6.45) is 3.14. The summed E-state index contributed by atoms with van der Waals surface area (Å²) in [5, 5.41) is 7.05. The summed E-state index contributed by atoms with van der Waals surface area (Å²) in [7, 11) is 3.10. The lowest BCUT2D eigenvalue weighted by Crippen LogP contribution is -2.29. The number of halogens is 1. The molecule has 3 rings (SSSR count). The number of urea groups is 1. The molecule has 2 aromatic carbocycles. The van der Waals surface area contributed by atoms with E-state index in [2.05, 4.69) is 36.5 Å². The molecule has 9 nitrogen and oxygen atoms in total. The van der Waals surface area contributed by atoms with Crippen LogP contribution in [0.3, 0.4) is 0 Å². The van der Waals surface area contributed by atoms with Crippen molar-refractivity contribution >= 4 is 38.6 Å². The number of carbonyl (C=O) groups excluding carboxylic acids is 1. The monoisotopic (exact) mass is 518 g/mol. The highest BCUT2D eigenvalue weighted by Gasteiger charge is 2.15. The first-order valence-corrected chi connectivity index (χ1v) is 11.6. The molecule has 0 unspecified atom stereocenters. The van der Waals surface area contributed by atoms with Crippen LogP contribution in [-0.2, 0) is 0 Å². The van der Waals surface area contributed by atoms with E-state index in [4.69, 9.17) is 18.9 Å². The van der Waals surface area contributed by atoms with E-state index in [9.17, 15) is 4.79 Å². The molecule has 2 N–H and O–H groups in total. The summed E-state index contributed by atoms with van der Waals surface area (Å²) in [6, 6.07) is 8.41. The molecular weight excluding hydrogens is 492 g/mol. The Morgan fingerprint density at radius 1 is 1.06 bits per heavy atom. The minimum absolute atomic E-state index is 0.299. The largest absolute Gasteiger partial charge is 0.494 e. The van der Waals surface area contributed by atoms with Crippen LogP contribution in [0.15, 0.2) is 36.7 Å². The number of methoxy groups -OCH3 is 2. The van der Waals surface area contributed by atoms with Gasteiger partial charge in [-0.2, -0.15) is 0 Å². The molecule has 0 bridgehead atoms. The van der Waals surface area contributed by atoms with E-state index in [1.54, 1.807) is 37.4 Å². The molecular formula is C23H27BrN4O5. The molecule has 0 atom stereocenters. The number of carbonyl (C=O) groups is 1. The molecule has 1 heterocycles. The number of nitrogens with one attached hydrogen (secondary N) is 2. The molecule has 3 aromatic rings. The van der Waals surface area contributed by atoms with E-state index in [0.29, 0.717) is 58.6 Å². The number of rotatable bonds is 11. The van der Waals surface area contributed by atoms with Gasteiger partial charge in [0.2, 0.25) is 5.88 Å². The van der Waals surface area contributed by atoms with Crippen molar-refractivity contribution in [1.29, 1.82) is 0 Å². The molecule has 2 amide bonds. The third-order valence-corrected chi connectivity index (χ3v) is 5.15. The maximum atomic E-state index is 12.0. The fourth-order valence-electron chi connectivity index (χ4n) is 2.99. The Kier molecular flexibility index (Phi) is 8.94. The summed E-state index contributed by atoms with van der Waals surface area (Å²) in [5.41, 5.74) is 1.19. The van der Waals surface area contributed by atoms with E-state index in [1.807, 2.05) is 6.92 Å². The van der Waals surface area contributed by atoms with Gasteiger partial charge < -0.3 is 29.6 Å². The molecule has 1 aromatic heterocycles. The highest BCUT2D eigenvalue weighted by molar-refractivity contribution is 9.09. The second-order valence-corrected chi connectivity index (χ2v) is 7.73. The van der Waals surface area contributed by atoms with Gasteiger partial charge in [-0.15, -0.1) is 0 Å². The Bertz CT molecular complexity index is 1100. The third-order valence-electron chi connectivity index (χ3n) is 4.59. The third kappa shape index (κ3) is 6.38. The average Bonchev–Trinajstić information content (AvgIpc) is 2.83. The second kappa shape index (κ2) is 12.1. The van der Waals surface area contributed by atoms with E-state index >= 15 is 0 Å². The molecule has 0 aliphatic rings. The lowest BCUT2D eigenvalue weighted by atomic mass is 10.2. The van der Waals surface area contributed by atoms with Crippen molar-refractivity contribution in [2.75, 3.05) is 38.0 Å². The quantitative estimate of drug-likeness (QED) is 0.267. The highest BCUT2D eigenvalue weighted by Crippen LogP contribution is 2.37. The van der Waals surface area contributed by atoms with Crippen LogP contribution in [0.4, 0.5) is 10.5 Å². The maximum Gasteiger partial charge on any atom is 0.319 e. The smallest absolute Gasteiger partial charge is 0.319 e. The highest BCUT2D eigenvalue weighted by atomic mass is 79.9. The van der Waals surface area contributed by atoms with Crippen LogP contribution < -0.4 is 29.6 Å². The van der Waals surface area contributed by atoms with E-state index < -0.39 is 0 Å². The zero-order valence-corrected chi connectivity index (χ0v) is 20.4. The second-order valence-electron chi connectivity index (χ2n) is 6.94. The number of hydrogen-bond donors (Lipinski definition) is 2. The molecule has 176 valence electrons. The van der Waals surface area contributed by atoms with Gasteiger partial charge in [0, 0.05) is 24.0 Å². The van der Waals surface area contributed by atoms with Crippen LogP contribution in [0.1, 0.15) is 19.8 Å². The van der Waals surface area contributed by atoms with Crippen molar-refractivity contribution < 1.29 is 23.7 Å². The number of anilines is 1. The number of ether oxygens (including phenoxy) is 4. The summed E-state index contributed by atoms with van der Waals surface area (Å²) < 4.78 is 22.8. The van der Waals surface area contributed by atoms with E-state index in [-0.39, 0.29) is 6.03 Å². The fourth-order valence-corrected chi connectivity index (χ4v) is 3.21. The first-order chi connectivity index (χ1) is 16.1. The molecule has 0 radical (unpaired) electrons. The Morgan fingerprint density at radius 2 is 1.88 bits per heavy atom. The zero-order chi connectivity index (χ0) is 23.6. The Labute approximate surface area is 200 Å². The van der Waals surface area contributed by atoms with Crippen molar-refractivity contribution in [3.05, 3.63) is 36.7 Å². The first-order valence-electron chi connectivity index (χ1n) is 10.5. The molecule has 10 heteroatoms. The number of amides is 2. The molecule has 0 fully saturated rings. The lowest BCUT2D eigenvalue weighted by molar-refractivity contribution is 0.252. The van der Waals surface area contributed by atoms with Gasteiger partial charge in [0.15, 0.2) is 11.5 Å². The number of hydrogen-bond acceptors (Lipinski definition) is 7. The number of fused-ring (bicyclic) bond motifs is 1. The van der Waals surface area contributed by atoms with Gasteiger partial charge >= 0.3 is 6.03 Å². The molecule has 0 saturated heterocycles. The van der Waals surface area contributed by atoms with Crippen molar-refractivity contribution in [3.63, 3.8) is 0 Å². The predicted molar refractivity (Wildman–Crippen MR) is 130 cm³/mol. The predicted octanol–water partition coefficient (Wildman–Crippen LogP) is 5.13. The Balaban J connectivity index is 1.85.